The molecule has 2 aromatic rings. The Morgan fingerprint density at radius 2 is 1.96 bits per heavy atom. The SMILES string of the molecule is O=C(C=Cc1ccc([N+](=O)[O-])cc1)Nc1ccnn1C1CCCC1. The molecule has 7 nitrogen and oxygen atoms in total. The van der Waals surface area contributed by atoms with Crippen LogP contribution in [0.4, 0.5) is 11.5 Å². The Morgan fingerprint density at radius 3 is 2.62 bits per heavy atom. The first-order chi connectivity index (χ1) is 11.6. The van der Waals surface area contributed by atoms with Gasteiger partial charge in [0, 0.05) is 24.3 Å². The quantitative estimate of drug-likeness (QED) is 0.517. The molecule has 124 valence electrons. The smallest absolute Gasteiger partial charge is 0.269 e. The molecule has 24 heavy (non-hydrogen) atoms. The zero-order valence-electron chi connectivity index (χ0n) is 13.1. The molecule has 0 atom stereocenters. The number of aromatic nitrogens is 2. The van der Waals surface area contributed by atoms with Crippen molar-refractivity contribution in [2.24, 2.45) is 0 Å². The average Bonchev–Trinajstić information content (AvgIpc) is 3.24. The van der Waals surface area contributed by atoms with Gasteiger partial charge in [-0.25, -0.2) is 4.68 Å². The third kappa shape index (κ3) is 3.68. The summed E-state index contributed by atoms with van der Waals surface area (Å²) >= 11 is 0. The molecule has 0 bridgehead atoms. The molecule has 1 amide bonds. The summed E-state index contributed by atoms with van der Waals surface area (Å²) in [5, 5.41) is 17.8. The Hall–Kier alpha value is -2.96. The maximum absolute atomic E-state index is 12.1. The number of nitro benzene ring substituents is 1. The minimum Gasteiger partial charge on any atom is -0.307 e. The fourth-order valence-electron chi connectivity index (χ4n) is 2.90. The van der Waals surface area contributed by atoms with E-state index in [4.69, 9.17) is 0 Å². The van der Waals surface area contributed by atoms with Gasteiger partial charge in [-0.1, -0.05) is 12.8 Å². The van der Waals surface area contributed by atoms with Crippen LogP contribution in [0.1, 0.15) is 37.3 Å². The van der Waals surface area contributed by atoms with Crippen molar-refractivity contribution in [1.82, 2.24) is 9.78 Å². The topological polar surface area (TPSA) is 90.1 Å². The van der Waals surface area contributed by atoms with E-state index in [0.29, 0.717) is 11.9 Å². The molecule has 1 aromatic carbocycles. The lowest BCUT2D eigenvalue weighted by Gasteiger charge is -2.13. The number of nitro groups is 1. The van der Waals surface area contributed by atoms with E-state index in [9.17, 15) is 14.9 Å². The highest BCUT2D eigenvalue weighted by atomic mass is 16.6. The van der Waals surface area contributed by atoms with E-state index in [1.807, 2.05) is 4.68 Å². The van der Waals surface area contributed by atoms with Gasteiger partial charge in [-0.2, -0.15) is 5.10 Å². The largest absolute Gasteiger partial charge is 0.307 e. The van der Waals surface area contributed by atoms with Crippen molar-refractivity contribution in [2.75, 3.05) is 5.32 Å². The minimum absolute atomic E-state index is 0.0251. The van der Waals surface area contributed by atoms with Crippen molar-refractivity contribution in [3.05, 3.63) is 58.3 Å². The predicted octanol–water partition coefficient (Wildman–Crippen LogP) is 3.56. The number of hydrogen-bond acceptors (Lipinski definition) is 4. The molecule has 1 saturated carbocycles. The zero-order chi connectivity index (χ0) is 16.9. The van der Waals surface area contributed by atoms with Gasteiger partial charge in [0.25, 0.3) is 5.69 Å². The third-order valence-electron chi connectivity index (χ3n) is 4.12. The average molecular weight is 326 g/mol. The van der Waals surface area contributed by atoms with Crippen LogP contribution in [0.25, 0.3) is 6.08 Å². The van der Waals surface area contributed by atoms with E-state index in [1.165, 1.54) is 31.1 Å². The summed E-state index contributed by atoms with van der Waals surface area (Å²) in [6, 6.07) is 8.17. The molecule has 1 heterocycles. The summed E-state index contributed by atoms with van der Waals surface area (Å²) in [4.78, 5) is 22.2. The lowest BCUT2D eigenvalue weighted by Crippen LogP contribution is -2.15. The van der Waals surface area contributed by atoms with E-state index in [0.717, 1.165) is 18.4 Å². The van der Waals surface area contributed by atoms with Gasteiger partial charge >= 0.3 is 0 Å². The van der Waals surface area contributed by atoms with Gasteiger partial charge in [0.2, 0.25) is 5.91 Å². The number of amides is 1. The lowest BCUT2D eigenvalue weighted by atomic mass is 10.2. The summed E-state index contributed by atoms with van der Waals surface area (Å²) in [7, 11) is 0. The van der Waals surface area contributed by atoms with Crippen molar-refractivity contribution in [3.8, 4) is 0 Å². The van der Waals surface area contributed by atoms with Crippen LogP contribution in [0.2, 0.25) is 0 Å². The molecule has 1 aliphatic carbocycles. The molecule has 7 heteroatoms. The number of rotatable bonds is 5. The monoisotopic (exact) mass is 326 g/mol. The Morgan fingerprint density at radius 1 is 1.25 bits per heavy atom. The molecule has 0 spiro atoms. The van der Waals surface area contributed by atoms with Crippen LogP contribution < -0.4 is 5.32 Å². The van der Waals surface area contributed by atoms with E-state index in [-0.39, 0.29) is 11.6 Å². The Labute approximate surface area is 139 Å². The molecule has 0 radical (unpaired) electrons. The number of non-ortho nitro benzene ring substituents is 1. The summed E-state index contributed by atoms with van der Waals surface area (Å²) in [6.45, 7) is 0. The maximum atomic E-state index is 12.1. The summed E-state index contributed by atoms with van der Waals surface area (Å²) in [6.07, 6.45) is 9.28. The fourth-order valence-corrected chi connectivity index (χ4v) is 2.90. The molecule has 1 N–H and O–H groups in total. The van der Waals surface area contributed by atoms with Crippen molar-refractivity contribution in [1.29, 1.82) is 0 Å². The van der Waals surface area contributed by atoms with Crippen LogP contribution in [0, 0.1) is 10.1 Å². The molecule has 1 fully saturated rings. The van der Waals surface area contributed by atoms with Crippen LogP contribution in [0.3, 0.4) is 0 Å². The van der Waals surface area contributed by atoms with Crippen molar-refractivity contribution < 1.29 is 9.72 Å². The van der Waals surface area contributed by atoms with Crippen LogP contribution >= 0.6 is 0 Å². The van der Waals surface area contributed by atoms with Gasteiger partial charge in [0.1, 0.15) is 5.82 Å². The highest BCUT2D eigenvalue weighted by Gasteiger charge is 2.20. The number of nitrogens with zero attached hydrogens (tertiary/aromatic N) is 3. The highest BCUT2D eigenvalue weighted by Crippen LogP contribution is 2.31. The van der Waals surface area contributed by atoms with Crippen LogP contribution in [0.15, 0.2) is 42.6 Å². The minimum atomic E-state index is -0.454. The highest BCUT2D eigenvalue weighted by molar-refractivity contribution is 6.01. The standard InChI is InChI=1S/C17H18N4O3/c22-17(10-7-13-5-8-15(9-6-13)21(23)24)19-16-11-12-18-20(16)14-3-1-2-4-14/h5-12,14H,1-4H2,(H,19,22). The summed E-state index contributed by atoms with van der Waals surface area (Å²) in [5.41, 5.74) is 0.747. The van der Waals surface area contributed by atoms with Gasteiger partial charge < -0.3 is 5.32 Å². The second-order valence-corrected chi connectivity index (χ2v) is 5.77. The van der Waals surface area contributed by atoms with E-state index in [1.54, 1.807) is 30.5 Å². The van der Waals surface area contributed by atoms with Crippen molar-refractivity contribution >= 4 is 23.5 Å². The third-order valence-corrected chi connectivity index (χ3v) is 4.12. The Bertz CT molecular complexity index is 758. The van der Waals surface area contributed by atoms with E-state index < -0.39 is 4.92 Å². The predicted molar refractivity (Wildman–Crippen MR) is 90.5 cm³/mol. The lowest BCUT2D eigenvalue weighted by molar-refractivity contribution is -0.384. The molecule has 1 aliphatic rings. The van der Waals surface area contributed by atoms with Gasteiger partial charge in [0.15, 0.2) is 0 Å². The second kappa shape index (κ2) is 7.08. The molecular weight excluding hydrogens is 308 g/mol. The first-order valence-corrected chi connectivity index (χ1v) is 7.90. The molecular formula is C17H18N4O3. The number of nitrogens with one attached hydrogen (secondary N) is 1. The van der Waals surface area contributed by atoms with E-state index in [2.05, 4.69) is 10.4 Å². The Balaban J connectivity index is 1.63. The molecule has 1 aromatic heterocycles. The summed E-state index contributed by atoms with van der Waals surface area (Å²) < 4.78 is 1.88. The molecule has 0 unspecified atom stereocenters. The first kappa shape index (κ1) is 15.9. The van der Waals surface area contributed by atoms with Gasteiger partial charge in [-0.3, -0.25) is 14.9 Å². The van der Waals surface area contributed by atoms with Crippen LogP contribution in [0.5, 0.6) is 0 Å². The number of benzene rings is 1. The van der Waals surface area contributed by atoms with Crippen molar-refractivity contribution in [2.45, 2.75) is 31.7 Å². The van der Waals surface area contributed by atoms with Crippen LogP contribution in [-0.4, -0.2) is 20.6 Å². The molecule has 0 aliphatic heterocycles. The number of anilines is 1. The first-order valence-electron chi connectivity index (χ1n) is 7.90. The Kier molecular flexibility index (Phi) is 4.69. The van der Waals surface area contributed by atoms with Crippen LogP contribution in [-0.2, 0) is 4.79 Å². The normalized spacial score (nSPS) is 15.0. The molecule has 0 saturated heterocycles. The van der Waals surface area contributed by atoms with E-state index >= 15 is 0 Å². The van der Waals surface area contributed by atoms with Gasteiger partial charge in [0.05, 0.1) is 17.2 Å². The fraction of sp³-hybridized carbons (Fsp3) is 0.294. The molecule has 3 rings (SSSR count). The van der Waals surface area contributed by atoms with Crippen molar-refractivity contribution in [3.63, 3.8) is 0 Å². The summed E-state index contributed by atoms with van der Waals surface area (Å²) in [5.74, 6) is 0.438. The second-order valence-electron chi connectivity index (χ2n) is 5.77. The number of carbonyl (C=O) groups excluding carboxylic acids is 1. The zero-order valence-corrected chi connectivity index (χ0v) is 13.1. The number of hydrogen-bond donors (Lipinski definition) is 1. The number of carbonyl (C=O) groups is 1. The maximum Gasteiger partial charge on any atom is 0.269 e. The van der Waals surface area contributed by atoms with Gasteiger partial charge in [-0.15, -0.1) is 0 Å². The van der Waals surface area contributed by atoms with Gasteiger partial charge in [-0.05, 0) is 36.6 Å².